The number of benzene rings is 2. The monoisotopic (exact) mass is 374 g/mol. The van der Waals surface area contributed by atoms with Crippen molar-refractivity contribution in [3.63, 3.8) is 0 Å². The average molecular weight is 375 g/mol. The largest absolute Gasteiger partial charge is 0.327 e. The van der Waals surface area contributed by atoms with E-state index in [0.29, 0.717) is 0 Å². The van der Waals surface area contributed by atoms with E-state index >= 15 is 0 Å². The third-order valence-electron chi connectivity index (χ3n) is 5.29. The number of nitrogens with one attached hydrogen (secondary N) is 1. The fraction of sp³-hybridized carbons (Fsp3) is 0.292. The van der Waals surface area contributed by atoms with Crippen LogP contribution >= 0.6 is 0 Å². The van der Waals surface area contributed by atoms with Crippen molar-refractivity contribution in [2.24, 2.45) is 5.84 Å². The van der Waals surface area contributed by atoms with Crippen LogP contribution in [0.4, 0.5) is 0 Å². The summed E-state index contributed by atoms with van der Waals surface area (Å²) < 4.78 is 2.31. The summed E-state index contributed by atoms with van der Waals surface area (Å²) in [5, 5.41) is 0. The standard InChI is InChI=1S/C24H30N4/c1-5-9-24-26-23(6-2)18(4)28(24)16-19-12-14-20(15-13-19)22-11-8-7-10-21(22)17(3)27-25/h6-8,10-15,17,27H,2,5,9,16,25H2,1,3-4H3. The summed E-state index contributed by atoms with van der Waals surface area (Å²) in [5.41, 5.74) is 9.88. The van der Waals surface area contributed by atoms with Gasteiger partial charge in [-0.05, 0) is 48.6 Å². The number of rotatable bonds is 8. The Balaban J connectivity index is 1.89. The van der Waals surface area contributed by atoms with Crippen LogP contribution in [-0.2, 0) is 13.0 Å². The Morgan fingerprint density at radius 1 is 1.18 bits per heavy atom. The Hall–Kier alpha value is -2.69. The number of hydrogen-bond acceptors (Lipinski definition) is 3. The topological polar surface area (TPSA) is 55.9 Å². The second-order valence-corrected chi connectivity index (χ2v) is 7.21. The van der Waals surface area contributed by atoms with Gasteiger partial charge in [0.05, 0.1) is 5.69 Å². The SMILES string of the molecule is C=Cc1nc(CCC)n(Cc2ccc(-c3ccccc3C(C)NN)cc2)c1C. The van der Waals surface area contributed by atoms with Gasteiger partial charge in [0.1, 0.15) is 5.82 Å². The quantitative estimate of drug-likeness (QED) is 0.430. The average Bonchev–Trinajstić information content (AvgIpc) is 3.03. The van der Waals surface area contributed by atoms with E-state index in [0.717, 1.165) is 30.9 Å². The number of hydrogen-bond donors (Lipinski definition) is 2. The van der Waals surface area contributed by atoms with E-state index in [1.807, 2.05) is 6.08 Å². The molecular weight excluding hydrogens is 344 g/mol. The van der Waals surface area contributed by atoms with Crippen LogP contribution in [0.25, 0.3) is 17.2 Å². The third-order valence-corrected chi connectivity index (χ3v) is 5.29. The minimum absolute atomic E-state index is 0.0957. The predicted octanol–water partition coefficient (Wildman–Crippen LogP) is 5.03. The highest BCUT2D eigenvalue weighted by molar-refractivity contribution is 5.68. The van der Waals surface area contributed by atoms with Crippen molar-refractivity contribution < 1.29 is 0 Å². The van der Waals surface area contributed by atoms with Crippen LogP contribution in [0, 0.1) is 6.92 Å². The van der Waals surface area contributed by atoms with Crippen LogP contribution in [0.3, 0.4) is 0 Å². The number of nitrogens with zero attached hydrogens (tertiary/aromatic N) is 2. The summed E-state index contributed by atoms with van der Waals surface area (Å²) >= 11 is 0. The molecule has 0 fully saturated rings. The normalized spacial score (nSPS) is 12.1. The second-order valence-electron chi connectivity index (χ2n) is 7.21. The number of aryl methyl sites for hydroxylation is 1. The van der Waals surface area contributed by atoms with Gasteiger partial charge in [-0.15, -0.1) is 0 Å². The molecule has 0 saturated heterocycles. The highest BCUT2D eigenvalue weighted by atomic mass is 15.2. The second kappa shape index (κ2) is 9.00. The summed E-state index contributed by atoms with van der Waals surface area (Å²) in [6.45, 7) is 11.1. The van der Waals surface area contributed by atoms with Crippen LogP contribution in [0.2, 0.25) is 0 Å². The molecule has 1 heterocycles. The van der Waals surface area contributed by atoms with Gasteiger partial charge in [-0.25, -0.2) is 4.98 Å². The summed E-state index contributed by atoms with van der Waals surface area (Å²) in [6.07, 6.45) is 3.90. The molecule has 0 aliphatic heterocycles. The van der Waals surface area contributed by atoms with Crippen molar-refractivity contribution in [1.82, 2.24) is 15.0 Å². The Morgan fingerprint density at radius 2 is 1.89 bits per heavy atom. The van der Waals surface area contributed by atoms with Gasteiger partial charge in [0.15, 0.2) is 0 Å². The maximum atomic E-state index is 5.66. The molecule has 2 aromatic carbocycles. The molecule has 0 bridgehead atoms. The van der Waals surface area contributed by atoms with Gasteiger partial charge in [-0.2, -0.15) is 0 Å². The summed E-state index contributed by atoms with van der Waals surface area (Å²) in [4.78, 5) is 4.75. The first-order valence-electron chi connectivity index (χ1n) is 9.91. The van der Waals surface area contributed by atoms with Gasteiger partial charge in [0, 0.05) is 24.7 Å². The van der Waals surface area contributed by atoms with Crippen molar-refractivity contribution >= 4 is 6.08 Å². The fourth-order valence-electron chi connectivity index (χ4n) is 3.63. The van der Waals surface area contributed by atoms with E-state index in [4.69, 9.17) is 10.8 Å². The number of aromatic nitrogens is 2. The van der Waals surface area contributed by atoms with E-state index in [1.165, 1.54) is 27.9 Å². The first-order valence-corrected chi connectivity index (χ1v) is 9.91. The number of imidazole rings is 1. The van der Waals surface area contributed by atoms with E-state index in [2.05, 4.69) is 85.9 Å². The van der Waals surface area contributed by atoms with Crippen LogP contribution in [0.5, 0.6) is 0 Å². The molecule has 146 valence electrons. The minimum Gasteiger partial charge on any atom is -0.327 e. The molecule has 0 aliphatic rings. The molecule has 1 unspecified atom stereocenters. The highest BCUT2D eigenvalue weighted by Gasteiger charge is 2.13. The Bertz CT molecular complexity index is 938. The molecule has 0 spiro atoms. The summed E-state index contributed by atoms with van der Waals surface area (Å²) in [5.74, 6) is 6.79. The lowest BCUT2D eigenvalue weighted by Crippen LogP contribution is -2.25. The fourth-order valence-corrected chi connectivity index (χ4v) is 3.63. The van der Waals surface area contributed by atoms with Crippen LogP contribution in [0.1, 0.15) is 54.6 Å². The molecule has 0 saturated carbocycles. The molecule has 1 aromatic heterocycles. The zero-order chi connectivity index (χ0) is 20.1. The Labute approximate surface area is 168 Å². The van der Waals surface area contributed by atoms with Gasteiger partial charge in [-0.3, -0.25) is 11.3 Å². The molecule has 4 heteroatoms. The molecule has 28 heavy (non-hydrogen) atoms. The lowest BCUT2D eigenvalue weighted by atomic mass is 9.95. The molecular formula is C24H30N4. The van der Waals surface area contributed by atoms with Crippen molar-refractivity contribution in [2.75, 3.05) is 0 Å². The van der Waals surface area contributed by atoms with Crippen LogP contribution in [0.15, 0.2) is 55.1 Å². The minimum atomic E-state index is 0.0957. The molecule has 0 aliphatic carbocycles. The summed E-state index contributed by atoms with van der Waals surface area (Å²) in [6, 6.07) is 17.3. The van der Waals surface area contributed by atoms with Crippen molar-refractivity contribution in [3.05, 3.63) is 83.4 Å². The highest BCUT2D eigenvalue weighted by Crippen LogP contribution is 2.28. The van der Waals surface area contributed by atoms with Crippen molar-refractivity contribution in [3.8, 4) is 11.1 Å². The first-order chi connectivity index (χ1) is 13.6. The van der Waals surface area contributed by atoms with Gasteiger partial charge in [0.25, 0.3) is 0 Å². The Morgan fingerprint density at radius 3 is 2.54 bits per heavy atom. The van der Waals surface area contributed by atoms with E-state index in [9.17, 15) is 0 Å². The van der Waals surface area contributed by atoms with Gasteiger partial charge < -0.3 is 4.57 Å². The maximum absolute atomic E-state index is 5.66. The zero-order valence-electron chi connectivity index (χ0n) is 17.1. The maximum Gasteiger partial charge on any atom is 0.109 e. The lowest BCUT2D eigenvalue weighted by molar-refractivity contribution is 0.604. The number of hydrazine groups is 1. The van der Waals surface area contributed by atoms with E-state index in [1.54, 1.807) is 0 Å². The molecule has 0 radical (unpaired) electrons. The molecule has 1 atom stereocenters. The number of nitrogens with two attached hydrogens (primary N) is 1. The molecule has 4 nitrogen and oxygen atoms in total. The van der Waals surface area contributed by atoms with E-state index < -0.39 is 0 Å². The zero-order valence-corrected chi connectivity index (χ0v) is 17.1. The van der Waals surface area contributed by atoms with Gasteiger partial charge in [0.2, 0.25) is 0 Å². The lowest BCUT2D eigenvalue weighted by Gasteiger charge is -2.16. The van der Waals surface area contributed by atoms with Crippen LogP contribution in [-0.4, -0.2) is 9.55 Å². The predicted molar refractivity (Wildman–Crippen MR) is 118 cm³/mol. The van der Waals surface area contributed by atoms with E-state index in [-0.39, 0.29) is 6.04 Å². The third kappa shape index (κ3) is 4.08. The molecule has 3 rings (SSSR count). The molecule has 0 amide bonds. The first kappa shape index (κ1) is 20.1. The Kier molecular flexibility index (Phi) is 6.45. The van der Waals surface area contributed by atoms with Crippen molar-refractivity contribution in [1.29, 1.82) is 0 Å². The smallest absolute Gasteiger partial charge is 0.109 e. The van der Waals surface area contributed by atoms with Gasteiger partial charge in [-0.1, -0.05) is 62.0 Å². The molecule has 3 N–H and O–H groups in total. The van der Waals surface area contributed by atoms with Crippen molar-refractivity contribution in [2.45, 2.75) is 46.2 Å². The summed E-state index contributed by atoms with van der Waals surface area (Å²) in [7, 11) is 0. The van der Waals surface area contributed by atoms with Crippen LogP contribution < -0.4 is 11.3 Å². The molecule has 3 aromatic rings. The van der Waals surface area contributed by atoms with Gasteiger partial charge >= 0.3 is 0 Å².